The quantitative estimate of drug-likeness (QED) is 0.0930. The van der Waals surface area contributed by atoms with Gasteiger partial charge in [-0.2, -0.15) is 0 Å². The largest absolute Gasteiger partial charge is 0.394 e. The topological polar surface area (TPSA) is 69.6 Å². The van der Waals surface area contributed by atoms with Crippen LogP contribution in [0.2, 0.25) is 0 Å². The molecule has 0 rings (SSSR count). The Kier molecular flexibility index (Phi) is 26.2. The molecule has 0 aromatic carbocycles. The van der Waals surface area contributed by atoms with Crippen LogP contribution in [0.1, 0.15) is 117 Å². The van der Waals surface area contributed by atoms with E-state index in [-0.39, 0.29) is 12.5 Å². The van der Waals surface area contributed by atoms with Crippen molar-refractivity contribution < 1.29 is 15.0 Å². The summed E-state index contributed by atoms with van der Waals surface area (Å²) in [6.07, 6.45) is 37.8. The van der Waals surface area contributed by atoms with Crippen molar-refractivity contribution in [2.45, 2.75) is 129 Å². The second kappa shape index (κ2) is 27.7. The summed E-state index contributed by atoms with van der Waals surface area (Å²) in [4.78, 5) is 12.1. The number of amides is 1. The van der Waals surface area contributed by atoms with Crippen LogP contribution in [0.15, 0.2) is 60.8 Å². The third-order valence-electron chi connectivity index (χ3n) is 5.99. The van der Waals surface area contributed by atoms with Gasteiger partial charge in [0.25, 0.3) is 0 Å². The number of aliphatic hydroxyl groups is 2. The molecule has 0 aliphatic rings. The van der Waals surface area contributed by atoms with Crippen LogP contribution in [0.25, 0.3) is 0 Å². The van der Waals surface area contributed by atoms with Crippen LogP contribution >= 0.6 is 0 Å². The highest BCUT2D eigenvalue weighted by atomic mass is 16.3. The van der Waals surface area contributed by atoms with E-state index in [1.807, 2.05) is 6.08 Å². The molecule has 0 heterocycles. The summed E-state index contributed by atoms with van der Waals surface area (Å²) in [7, 11) is 0. The summed E-state index contributed by atoms with van der Waals surface area (Å²) in [5.74, 6) is -0.0900. The first-order chi connectivity index (χ1) is 17.7. The number of nitrogens with one attached hydrogen (secondary N) is 1. The van der Waals surface area contributed by atoms with Crippen molar-refractivity contribution in [3.8, 4) is 0 Å². The van der Waals surface area contributed by atoms with Gasteiger partial charge in [0.05, 0.1) is 18.8 Å². The number of hydrogen-bond donors (Lipinski definition) is 3. The van der Waals surface area contributed by atoms with Gasteiger partial charge in [-0.05, 0) is 51.4 Å². The molecule has 4 heteroatoms. The Morgan fingerprint density at radius 2 is 1.22 bits per heavy atom. The molecule has 0 aliphatic carbocycles. The Bertz CT molecular complexity index is 633. The molecule has 2 atom stereocenters. The molecule has 0 fully saturated rings. The Hall–Kier alpha value is -1.91. The highest BCUT2D eigenvalue weighted by Gasteiger charge is 2.17. The van der Waals surface area contributed by atoms with Crippen LogP contribution in [-0.2, 0) is 4.79 Å². The molecule has 36 heavy (non-hydrogen) atoms. The zero-order chi connectivity index (χ0) is 26.5. The predicted octanol–water partition coefficient (Wildman–Crippen LogP) is 7.89. The molecule has 0 saturated heterocycles. The minimum absolute atomic E-state index is 0.0900. The van der Waals surface area contributed by atoms with Crippen molar-refractivity contribution in [3.05, 3.63) is 60.8 Å². The molecular weight excluding hydrogens is 446 g/mol. The molecule has 206 valence electrons. The lowest BCUT2D eigenvalue weighted by Gasteiger charge is -2.19. The van der Waals surface area contributed by atoms with Gasteiger partial charge in [-0.3, -0.25) is 4.79 Å². The summed E-state index contributed by atoms with van der Waals surface area (Å²) >= 11 is 0. The summed E-state index contributed by atoms with van der Waals surface area (Å²) in [5.41, 5.74) is 0. The molecule has 0 bridgehead atoms. The first-order valence-corrected chi connectivity index (χ1v) is 14.5. The van der Waals surface area contributed by atoms with Crippen LogP contribution < -0.4 is 5.32 Å². The molecule has 0 saturated carbocycles. The van der Waals surface area contributed by atoms with Crippen molar-refractivity contribution >= 4 is 5.91 Å². The number of unbranched alkanes of at least 4 members (excludes halogenated alkanes) is 9. The monoisotopic (exact) mass is 501 g/mol. The van der Waals surface area contributed by atoms with E-state index in [1.54, 1.807) is 6.08 Å². The van der Waals surface area contributed by atoms with Crippen molar-refractivity contribution in [2.24, 2.45) is 0 Å². The smallest absolute Gasteiger partial charge is 0.220 e. The third-order valence-corrected chi connectivity index (χ3v) is 5.99. The average Bonchev–Trinajstić information content (AvgIpc) is 2.88. The first-order valence-electron chi connectivity index (χ1n) is 14.5. The number of carbonyl (C=O) groups excluding carboxylic acids is 1. The zero-order valence-electron chi connectivity index (χ0n) is 23.3. The Morgan fingerprint density at radius 3 is 1.78 bits per heavy atom. The van der Waals surface area contributed by atoms with E-state index < -0.39 is 12.1 Å². The molecule has 0 radical (unpaired) electrons. The molecule has 0 aromatic rings. The lowest BCUT2D eigenvalue weighted by Crippen LogP contribution is -2.45. The highest BCUT2D eigenvalue weighted by Crippen LogP contribution is 2.11. The van der Waals surface area contributed by atoms with Gasteiger partial charge >= 0.3 is 0 Å². The Balaban J connectivity index is 3.56. The van der Waals surface area contributed by atoms with Crippen LogP contribution in [0.3, 0.4) is 0 Å². The molecule has 0 aromatic heterocycles. The van der Waals surface area contributed by atoms with Gasteiger partial charge in [0.1, 0.15) is 0 Å². The van der Waals surface area contributed by atoms with Gasteiger partial charge in [-0.1, -0.05) is 120 Å². The number of carbonyl (C=O) groups is 1. The van der Waals surface area contributed by atoms with Gasteiger partial charge in [-0.25, -0.2) is 0 Å². The van der Waals surface area contributed by atoms with Gasteiger partial charge < -0.3 is 15.5 Å². The molecule has 0 aliphatic heterocycles. The molecule has 0 spiro atoms. The lowest BCUT2D eigenvalue weighted by molar-refractivity contribution is -0.123. The third kappa shape index (κ3) is 23.8. The Morgan fingerprint density at radius 1 is 0.694 bits per heavy atom. The molecule has 4 nitrogen and oxygen atoms in total. The van der Waals surface area contributed by atoms with E-state index in [0.717, 1.165) is 57.8 Å². The zero-order valence-corrected chi connectivity index (χ0v) is 23.3. The van der Waals surface area contributed by atoms with Crippen molar-refractivity contribution in [3.63, 3.8) is 0 Å². The fourth-order valence-corrected chi connectivity index (χ4v) is 3.76. The van der Waals surface area contributed by atoms with Gasteiger partial charge in [0.15, 0.2) is 0 Å². The minimum Gasteiger partial charge on any atom is -0.394 e. The maximum absolute atomic E-state index is 12.1. The van der Waals surface area contributed by atoms with E-state index in [4.69, 9.17) is 0 Å². The summed E-state index contributed by atoms with van der Waals surface area (Å²) < 4.78 is 0. The van der Waals surface area contributed by atoms with Gasteiger partial charge in [0.2, 0.25) is 5.91 Å². The molecule has 1 amide bonds. The van der Waals surface area contributed by atoms with Crippen molar-refractivity contribution in [1.29, 1.82) is 0 Å². The fraction of sp³-hybridized carbons (Fsp3) is 0.656. The van der Waals surface area contributed by atoms with Crippen LogP contribution in [0.5, 0.6) is 0 Å². The first kappa shape index (κ1) is 34.1. The van der Waals surface area contributed by atoms with Gasteiger partial charge in [0, 0.05) is 6.42 Å². The molecular formula is C32H55NO3. The van der Waals surface area contributed by atoms with Crippen LogP contribution in [0, 0.1) is 0 Å². The summed E-state index contributed by atoms with van der Waals surface area (Å²) in [6, 6.07) is -0.623. The van der Waals surface area contributed by atoms with Crippen LogP contribution in [-0.4, -0.2) is 34.9 Å². The number of hydrogen-bond acceptors (Lipinski definition) is 3. The van der Waals surface area contributed by atoms with E-state index in [9.17, 15) is 15.0 Å². The minimum atomic E-state index is -0.839. The molecule has 3 N–H and O–H groups in total. The van der Waals surface area contributed by atoms with E-state index in [1.165, 1.54) is 38.5 Å². The second-order valence-electron chi connectivity index (χ2n) is 9.43. The lowest BCUT2D eigenvalue weighted by atomic mass is 10.1. The van der Waals surface area contributed by atoms with E-state index in [2.05, 4.69) is 67.8 Å². The fourth-order valence-electron chi connectivity index (χ4n) is 3.76. The molecule has 2 unspecified atom stereocenters. The normalized spacial score (nSPS) is 14.2. The summed E-state index contributed by atoms with van der Waals surface area (Å²) in [5, 5.41) is 22.2. The number of aliphatic hydroxyl groups excluding tert-OH is 2. The Labute approximate surface area is 222 Å². The standard InChI is InChI=1S/C32H55NO3/c1-3-5-7-8-9-10-11-12-13-14-15-16-17-18-19-20-21-22-23-24-26-28-32(36)33-30(29-34)31(35)27-25-6-4-2/h5,7,9-10,12-13,15-16,25,27,30-31,34-35H,3-4,6,8,11,14,17-24,26,28-29H2,1-2H3,(H,33,36)/b7-5-,10-9-,13-12-,16-15-,27-25+. The van der Waals surface area contributed by atoms with Crippen molar-refractivity contribution in [1.82, 2.24) is 5.32 Å². The maximum atomic E-state index is 12.1. The predicted molar refractivity (Wildman–Crippen MR) is 156 cm³/mol. The van der Waals surface area contributed by atoms with Crippen molar-refractivity contribution in [2.75, 3.05) is 6.61 Å². The van der Waals surface area contributed by atoms with Crippen LogP contribution in [0.4, 0.5) is 0 Å². The number of allylic oxidation sites excluding steroid dienone is 9. The number of rotatable bonds is 24. The average molecular weight is 502 g/mol. The second-order valence-corrected chi connectivity index (χ2v) is 9.43. The summed E-state index contributed by atoms with van der Waals surface area (Å²) in [6.45, 7) is 3.97. The van der Waals surface area contributed by atoms with E-state index >= 15 is 0 Å². The highest BCUT2D eigenvalue weighted by molar-refractivity contribution is 5.76. The van der Waals surface area contributed by atoms with E-state index in [0.29, 0.717) is 6.42 Å². The van der Waals surface area contributed by atoms with Gasteiger partial charge in [-0.15, -0.1) is 0 Å². The SMILES string of the molecule is CC/C=C\C/C=C\C/C=C\C/C=C\CCCCCCCCCCC(=O)NC(CO)C(O)/C=C/CCC. The maximum Gasteiger partial charge on any atom is 0.220 e.